The van der Waals surface area contributed by atoms with E-state index in [9.17, 15) is 22.8 Å². The average molecular weight is 264 g/mol. The monoisotopic (exact) mass is 263 g/mol. The van der Waals surface area contributed by atoms with Crippen molar-refractivity contribution in [2.24, 2.45) is 11.7 Å². The maximum absolute atomic E-state index is 11.7. The van der Waals surface area contributed by atoms with Gasteiger partial charge in [0.25, 0.3) is 5.91 Å². The van der Waals surface area contributed by atoms with Gasteiger partial charge in [-0.3, -0.25) is 20.4 Å². The number of hydrogen-bond donors (Lipinski definition) is 3. The van der Waals surface area contributed by atoms with Crippen LogP contribution < -0.4 is 16.6 Å². The minimum atomic E-state index is -5.03. The first-order chi connectivity index (χ1) is 6.66. The Bertz CT molecular complexity index is 258. The van der Waals surface area contributed by atoms with Gasteiger partial charge in [0, 0.05) is 0 Å². The molecule has 1 atom stereocenters. The summed E-state index contributed by atoms with van der Waals surface area (Å²) in [7, 11) is 0. The summed E-state index contributed by atoms with van der Waals surface area (Å²) >= 11 is 0. The molecule has 0 aromatic rings. The van der Waals surface area contributed by atoms with Crippen LogP contribution in [0.5, 0.6) is 0 Å². The molecule has 0 rings (SSSR count). The van der Waals surface area contributed by atoms with Crippen molar-refractivity contribution < 1.29 is 22.8 Å². The molecule has 0 radical (unpaired) electrons. The Morgan fingerprint density at radius 3 is 1.94 bits per heavy atom. The van der Waals surface area contributed by atoms with Crippen LogP contribution in [0.4, 0.5) is 13.2 Å². The lowest BCUT2D eigenvalue weighted by atomic mass is 10.1. The molecule has 4 N–H and O–H groups in total. The fourth-order valence-electron chi connectivity index (χ4n) is 0.575. The summed E-state index contributed by atoms with van der Waals surface area (Å²) in [5, 5.41) is 0. The Morgan fingerprint density at radius 2 is 1.62 bits per heavy atom. The molecule has 0 bridgehead atoms. The Balaban J connectivity index is 0. The van der Waals surface area contributed by atoms with E-state index in [2.05, 4.69) is 0 Å². The molecule has 0 unspecified atom stereocenters. The number of hydrazine groups is 1. The first-order valence-corrected chi connectivity index (χ1v) is 4.09. The van der Waals surface area contributed by atoms with E-state index in [-0.39, 0.29) is 18.3 Å². The Hall–Kier alpha value is -1.02. The highest BCUT2D eigenvalue weighted by molar-refractivity contribution is 5.87. The normalized spacial score (nSPS) is 12.7. The van der Waals surface area contributed by atoms with Gasteiger partial charge < -0.3 is 5.73 Å². The summed E-state index contributed by atoms with van der Waals surface area (Å²) in [5.74, 6) is -3.36. The van der Waals surface area contributed by atoms with Crippen molar-refractivity contribution in [2.45, 2.75) is 26.1 Å². The van der Waals surface area contributed by atoms with E-state index in [0.29, 0.717) is 0 Å². The number of alkyl halides is 3. The Labute approximate surface area is 96.3 Å². The summed E-state index contributed by atoms with van der Waals surface area (Å²) in [4.78, 5) is 21.3. The van der Waals surface area contributed by atoms with E-state index in [1.165, 1.54) is 5.43 Å². The van der Waals surface area contributed by atoms with Crippen molar-refractivity contribution in [3.8, 4) is 0 Å². The zero-order valence-electron chi connectivity index (χ0n) is 8.59. The van der Waals surface area contributed by atoms with Crippen LogP contribution in [0, 0.1) is 5.92 Å². The number of hydrogen-bond acceptors (Lipinski definition) is 3. The van der Waals surface area contributed by atoms with Crippen molar-refractivity contribution in [1.29, 1.82) is 0 Å². The van der Waals surface area contributed by atoms with Crippen molar-refractivity contribution in [2.75, 3.05) is 0 Å². The molecule has 0 aromatic heterocycles. The fraction of sp³-hybridized carbons (Fsp3) is 0.714. The van der Waals surface area contributed by atoms with Crippen molar-refractivity contribution >= 4 is 24.2 Å². The van der Waals surface area contributed by atoms with Crippen LogP contribution in [-0.2, 0) is 9.59 Å². The standard InChI is InChI=1S/C7H12F3N3O2.ClH/c1-3(2)4(11)5(14)12-13-6(15)7(8,9)10;/h3-4H,11H2,1-2H3,(H,12,14)(H,13,15);1H/t4-;/m0./s1. The number of amides is 2. The van der Waals surface area contributed by atoms with Gasteiger partial charge in [-0.15, -0.1) is 12.4 Å². The van der Waals surface area contributed by atoms with Crippen LogP contribution in [0.3, 0.4) is 0 Å². The highest BCUT2D eigenvalue weighted by Crippen LogP contribution is 2.13. The van der Waals surface area contributed by atoms with E-state index < -0.39 is 24.0 Å². The minimum absolute atomic E-state index is 0. The second-order valence-electron chi connectivity index (χ2n) is 3.21. The summed E-state index contributed by atoms with van der Waals surface area (Å²) < 4.78 is 35.0. The third-order valence-corrected chi connectivity index (χ3v) is 1.58. The maximum atomic E-state index is 11.7. The second-order valence-corrected chi connectivity index (χ2v) is 3.21. The molecule has 0 aromatic carbocycles. The van der Waals surface area contributed by atoms with Gasteiger partial charge in [0.2, 0.25) is 0 Å². The second kappa shape index (κ2) is 6.54. The van der Waals surface area contributed by atoms with E-state index in [0.717, 1.165) is 0 Å². The molecule has 0 heterocycles. The van der Waals surface area contributed by atoms with Crippen LogP contribution in [0.25, 0.3) is 0 Å². The Morgan fingerprint density at radius 1 is 1.19 bits per heavy atom. The summed E-state index contributed by atoms with van der Waals surface area (Å²) in [5.41, 5.74) is 8.11. The van der Waals surface area contributed by atoms with Crippen molar-refractivity contribution in [3.05, 3.63) is 0 Å². The molecule has 0 aliphatic rings. The Kier molecular flexibility index (Phi) is 7.10. The molecule has 0 aliphatic heterocycles. The van der Waals surface area contributed by atoms with Gasteiger partial charge in [-0.2, -0.15) is 13.2 Å². The van der Waals surface area contributed by atoms with Crippen LogP contribution in [0.15, 0.2) is 0 Å². The number of carbonyl (C=O) groups is 2. The fourth-order valence-corrected chi connectivity index (χ4v) is 0.575. The molecule has 96 valence electrons. The van der Waals surface area contributed by atoms with E-state index >= 15 is 0 Å². The molecule has 16 heavy (non-hydrogen) atoms. The van der Waals surface area contributed by atoms with Gasteiger partial charge in [-0.1, -0.05) is 13.8 Å². The summed E-state index contributed by atoms with van der Waals surface area (Å²) in [6, 6.07) is -0.974. The summed E-state index contributed by atoms with van der Waals surface area (Å²) in [6.45, 7) is 3.24. The number of nitrogens with two attached hydrogens (primary N) is 1. The first kappa shape index (κ1) is 17.4. The van der Waals surface area contributed by atoms with Crippen LogP contribution in [0.1, 0.15) is 13.8 Å². The quantitative estimate of drug-likeness (QED) is 0.618. The molecule has 5 nitrogen and oxygen atoms in total. The van der Waals surface area contributed by atoms with Crippen molar-refractivity contribution in [3.63, 3.8) is 0 Å². The van der Waals surface area contributed by atoms with E-state index in [1.54, 1.807) is 19.3 Å². The SMILES string of the molecule is CC(C)[C@H](N)C(=O)NNC(=O)C(F)(F)F.Cl. The highest BCUT2D eigenvalue weighted by atomic mass is 35.5. The van der Waals surface area contributed by atoms with Gasteiger partial charge in [0.15, 0.2) is 0 Å². The molecular formula is C7H13ClF3N3O2. The topological polar surface area (TPSA) is 84.2 Å². The lowest BCUT2D eigenvalue weighted by Crippen LogP contribution is -2.53. The van der Waals surface area contributed by atoms with Crippen LogP contribution in [-0.4, -0.2) is 24.0 Å². The van der Waals surface area contributed by atoms with Gasteiger partial charge in [-0.25, -0.2) is 0 Å². The van der Waals surface area contributed by atoms with Gasteiger partial charge in [0.1, 0.15) is 0 Å². The largest absolute Gasteiger partial charge is 0.472 e. The third kappa shape index (κ3) is 5.76. The van der Waals surface area contributed by atoms with Crippen LogP contribution >= 0.6 is 12.4 Å². The average Bonchev–Trinajstić information content (AvgIpc) is 2.10. The number of carbonyl (C=O) groups excluding carboxylic acids is 2. The number of rotatable bonds is 2. The van der Waals surface area contributed by atoms with Gasteiger partial charge >= 0.3 is 12.1 Å². The molecule has 0 saturated heterocycles. The lowest BCUT2D eigenvalue weighted by molar-refractivity contribution is -0.175. The summed E-state index contributed by atoms with van der Waals surface area (Å²) in [6.07, 6.45) is -5.03. The molecule has 0 fully saturated rings. The molecule has 0 aliphatic carbocycles. The van der Waals surface area contributed by atoms with E-state index in [1.807, 2.05) is 0 Å². The predicted octanol–water partition coefficient (Wildman–Crippen LogP) is 0.101. The predicted molar refractivity (Wildman–Crippen MR) is 52.4 cm³/mol. The molecule has 9 heteroatoms. The van der Waals surface area contributed by atoms with Gasteiger partial charge in [0.05, 0.1) is 6.04 Å². The molecule has 0 saturated carbocycles. The van der Waals surface area contributed by atoms with Gasteiger partial charge in [-0.05, 0) is 5.92 Å². The lowest BCUT2D eigenvalue weighted by Gasteiger charge is -2.16. The highest BCUT2D eigenvalue weighted by Gasteiger charge is 2.39. The minimum Gasteiger partial charge on any atom is -0.320 e. The first-order valence-electron chi connectivity index (χ1n) is 4.09. The maximum Gasteiger partial charge on any atom is 0.472 e. The molecule has 0 spiro atoms. The number of nitrogens with one attached hydrogen (secondary N) is 2. The number of halogens is 4. The molecular weight excluding hydrogens is 251 g/mol. The zero-order chi connectivity index (χ0) is 12.2. The van der Waals surface area contributed by atoms with Crippen molar-refractivity contribution in [1.82, 2.24) is 10.9 Å². The smallest absolute Gasteiger partial charge is 0.320 e. The van der Waals surface area contributed by atoms with E-state index in [4.69, 9.17) is 5.73 Å². The zero-order valence-corrected chi connectivity index (χ0v) is 9.41. The molecule has 2 amide bonds. The third-order valence-electron chi connectivity index (χ3n) is 1.58. The van der Waals surface area contributed by atoms with Crippen LogP contribution in [0.2, 0.25) is 0 Å².